The molecule has 0 atom stereocenters. The summed E-state index contributed by atoms with van der Waals surface area (Å²) in [5.41, 5.74) is 4.06. The Kier molecular flexibility index (Phi) is 5.88. The Hall–Kier alpha value is -3.81. The smallest absolute Gasteiger partial charge is 0.203 e. The molecule has 0 unspecified atom stereocenters. The number of hydrogen-bond acceptors (Lipinski definition) is 6. The molecule has 0 fully saturated rings. The zero-order valence-electron chi connectivity index (χ0n) is 17.9. The molecule has 0 aliphatic heterocycles. The molecule has 0 aliphatic carbocycles. The number of aryl methyl sites for hydroxylation is 1. The van der Waals surface area contributed by atoms with Gasteiger partial charge in [-0.15, -0.1) is 0 Å². The molecular formula is C23H25N7O. The SMILES string of the molecule is CCCN(C)c1cnc(-c2cccc(Cc3nn(-c4cnn(C)c4)ccc3=O)c2)nc1. The highest BCUT2D eigenvalue weighted by Crippen LogP contribution is 2.19. The standard InChI is InChI=1S/C23H25N7O/c1-4-9-28(2)19-13-24-23(25-14-19)18-7-5-6-17(11-18)12-21-22(31)8-10-30(27-21)20-15-26-29(3)16-20/h5-8,10-11,13-16H,4,9,12H2,1-3H3. The van der Waals surface area contributed by atoms with E-state index in [1.807, 2.05) is 57.0 Å². The van der Waals surface area contributed by atoms with E-state index in [-0.39, 0.29) is 5.43 Å². The van der Waals surface area contributed by atoms with Crippen LogP contribution in [-0.2, 0) is 13.5 Å². The second-order valence-electron chi connectivity index (χ2n) is 7.51. The molecule has 3 aromatic heterocycles. The molecule has 1 aromatic carbocycles. The highest BCUT2D eigenvalue weighted by atomic mass is 16.1. The number of hydrogen-bond donors (Lipinski definition) is 0. The van der Waals surface area contributed by atoms with Crippen molar-refractivity contribution in [2.75, 3.05) is 18.5 Å². The first-order chi connectivity index (χ1) is 15.0. The monoisotopic (exact) mass is 415 g/mol. The molecule has 4 rings (SSSR count). The molecule has 0 aliphatic rings. The van der Waals surface area contributed by atoms with Crippen LogP contribution in [0.2, 0.25) is 0 Å². The third kappa shape index (κ3) is 4.69. The van der Waals surface area contributed by atoms with Gasteiger partial charge in [-0.3, -0.25) is 9.48 Å². The molecule has 0 saturated heterocycles. The van der Waals surface area contributed by atoms with E-state index in [0.717, 1.165) is 35.5 Å². The second kappa shape index (κ2) is 8.91. The fraction of sp³-hybridized carbons (Fsp3) is 0.261. The van der Waals surface area contributed by atoms with Crippen molar-refractivity contribution in [3.05, 3.63) is 82.8 Å². The normalized spacial score (nSPS) is 10.9. The average Bonchev–Trinajstić information content (AvgIpc) is 3.22. The van der Waals surface area contributed by atoms with Crippen LogP contribution in [0.15, 0.2) is 66.1 Å². The quantitative estimate of drug-likeness (QED) is 0.462. The molecule has 158 valence electrons. The van der Waals surface area contributed by atoms with Gasteiger partial charge in [0.05, 0.1) is 30.5 Å². The topological polar surface area (TPSA) is 81.7 Å². The molecule has 8 nitrogen and oxygen atoms in total. The van der Waals surface area contributed by atoms with Crippen molar-refractivity contribution < 1.29 is 0 Å². The Balaban J connectivity index is 1.57. The Morgan fingerprint density at radius 1 is 1.10 bits per heavy atom. The predicted molar refractivity (Wildman–Crippen MR) is 120 cm³/mol. The third-order valence-corrected chi connectivity index (χ3v) is 5.03. The van der Waals surface area contributed by atoms with Crippen LogP contribution in [0.4, 0.5) is 5.69 Å². The van der Waals surface area contributed by atoms with Crippen molar-refractivity contribution >= 4 is 5.69 Å². The van der Waals surface area contributed by atoms with Crippen LogP contribution >= 0.6 is 0 Å². The highest BCUT2D eigenvalue weighted by Gasteiger charge is 2.09. The van der Waals surface area contributed by atoms with Crippen molar-refractivity contribution in [1.29, 1.82) is 0 Å². The zero-order valence-corrected chi connectivity index (χ0v) is 17.9. The summed E-state index contributed by atoms with van der Waals surface area (Å²) in [6, 6.07) is 9.45. The van der Waals surface area contributed by atoms with Gasteiger partial charge in [0.2, 0.25) is 5.43 Å². The van der Waals surface area contributed by atoms with E-state index in [2.05, 4.69) is 32.0 Å². The van der Waals surface area contributed by atoms with E-state index in [4.69, 9.17) is 0 Å². The lowest BCUT2D eigenvalue weighted by Crippen LogP contribution is -2.18. The number of aromatic nitrogens is 6. The Morgan fingerprint density at radius 3 is 2.61 bits per heavy atom. The van der Waals surface area contributed by atoms with Crippen LogP contribution in [0, 0.1) is 0 Å². The summed E-state index contributed by atoms with van der Waals surface area (Å²) in [7, 11) is 3.88. The van der Waals surface area contributed by atoms with Crippen molar-refractivity contribution in [3.63, 3.8) is 0 Å². The van der Waals surface area contributed by atoms with Gasteiger partial charge in [0.25, 0.3) is 0 Å². The predicted octanol–water partition coefficient (Wildman–Crippen LogP) is 2.86. The van der Waals surface area contributed by atoms with Crippen molar-refractivity contribution in [2.24, 2.45) is 7.05 Å². The maximum absolute atomic E-state index is 12.4. The minimum absolute atomic E-state index is 0.0925. The molecular weight excluding hydrogens is 390 g/mol. The van der Waals surface area contributed by atoms with E-state index < -0.39 is 0 Å². The van der Waals surface area contributed by atoms with Crippen LogP contribution in [0.25, 0.3) is 17.1 Å². The fourth-order valence-corrected chi connectivity index (χ4v) is 3.39. The van der Waals surface area contributed by atoms with Gasteiger partial charge in [0.1, 0.15) is 11.4 Å². The zero-order chi connectivity index (χ0) is 21.8. The van der Waals surface area contributed by atoms with Gasteiger partial charge in [0, 0.05) is 44.9 Å². The van der Waals surface area contributed by atoms with E-state index in [9.17, 15) is 4.79 Å². The van der Waals surface area contributed by atoms with Crippen LogP contribution in [0.3, 0.4) is 0 Å². The summed E-state index contributed by atoms with van der Waals surface area (Å²) in [4.78, 5) is 23.6. The second-order valence-corrected chi connectivity index (χ2v) is 7.51. The van der Waals surface area contributed by atoms with Gasteiger partial charge in [-0.05, 0) is 18.1 Å². The molecule has 0 spiro atoms. The molecule has 31 heavy (non-hydrogen) atoms. The summed E-state index contributed by atoms with van der Waals surface area (Å²) in [5, 5.41) is 8.68. The minimum Gasteiger partial charge on any atom is -0.372 e. The lowest BCUT2D eigenvalue weighted by Gasteiger charge is -2.17. The van der Waals surface area contributed by atoms with Gasteiger partial charge in [0.15, 0.2) is 5.82 Å². The summed E-state index contributed by atoms with van der Waals surface area (Å²) in [6.45, 7) is 3.10. The molecule has 0 amide bonds. The van der Waals surface area contributed by atoms with Gasteiger partial charge in [-0.2, -0.15) is 10.2 Å². The van der Waals surface area contributed by atoms with E-state index in [0.29, 0.717) is 17.9 Å². The lowest BCUT2D eigenvalue weighted by atomic mass is 10.1. The number of benzene rings is 1. The van der Waals surface area contributed by atoms with Crippen LogP contribution in [-0.4, -0.2) is 43.1 Å². The molecule has 8 heteroatoms. The third-order valence-electron chi connectivity index (χ3n) is 5.03. The van der Waals surface area contributed by atoms with Crippen LogP contribution in [0.5, 0.6) is 0 Å². The van der Waals surface area contributed by atoms with Crippen LogP contribution in [0.1, 0.15) is 24.6 Å². The molecule has 0 N–H and O–H groups in total. The van der Waals surface area contributed by atoms with Crippen molar-refractivity contribution in [2.45, 2.75) is 19.8 Å². The molecule has 0 radical (unpaired) electrons. The van der Waals surface area contributed by atoms with Crippen molar-refractivity contribution in [3.8, 4) is 17.1 Å². The van der Waals surface area contributed by atoms with Gasteiger partial charge in [-0.1, -0.05) is 25.1 Å². The van der Waals surface area contributed by atoms with Crippen molar-refractivity contribution in [1.82, 2.24) is 29.5 Å². The fourth-order valence-electron chi connectivity index (χ4n) is 3.39. The van der Waals surface area contributed by atoms with E-state index in [1.165, 1.54) is 6.07 Å². The lowest BCUT2D eigenvalue weighted by molar-refractivity contribution is 0.762. The molecule has 0 saturated carbocycles. The first-order valence-corrected chi connectivity index (χ1v) is 10.2. The maximum atomic E-state index is 12.4. The Morgan fingerprint density at radius 2 is 1.90 bits per heavy atom. The number of nitrogens with zero attached hydrogens (tertiary/aromatic N) is 7. The minimum atomic E-state index is -0.0925. The summed E-state index contributed by atoms with van der Waals surface area (Å²) in [5.74, 6) is 0.657. The van der Waals surface area contributed by atoms with E-state index in [1.54, 1.807) is 21.8 Å². The number of anilines is 1. The van der Waals surface area contributed by atoms with Gasteiger partial charge >= 0.3 is 0 Å². The Labute approximate surface area is 180 Å². The number of rotatable bonds is 7. The maximum Gasteiger partial charge on any atom is 0.203 e. The average molecular weight is 416 g/mol. The summed E-state index contributed by atoms with van der Waals surface area (Å²) >= 11 is 0. The van der Waals surface area contributed by atoms with Gasteiger partial charge < -0.3 is 4.90 Å². The molecule has 0 bridgehead atoms. The summed E-state index contributed by atoms with van der Waals surface area (Å²) in [6.07, 6.45) is 10.4. The van der Waals surface area contributed by atoms with Gasteiger partial charge in [-0.25, -0.2) is 14.6 Å². The molecule has 3 heterocycles. The molecule has 4 aromatic rings. The highest BCUT2D eigenvalue weighted by molar-refractivity contribution is 5.57. The van der Waals surface area contributed by atoms with Crippen LogP contribution < -0.4 is 10.3 Å². The summed E-state index contributed by atoms with van der Waals surface area (Å²) < 4.78 is 3.37. The van der Waals surface area contributed by atoms with E-state index >= 15 is 0 Å². The first kappa shape index (κ1) is 20.5. The Bertz CT molecular complexity index is 1230. The first-order valence-electron chi connectivity index (χ1n) is 10.2. The largest absolute Gasteiger partial charge is 0.372 e.